The van der Waals surface area contributed by atoms with Crippen LogP contribution in [0.25, 0.3) is 0 Å². The number of carbonyl (C=O) groups excluding carboxylic acids is 1. The fourth-order valence-corrected chi connectivity index (χ4v) is 1.89. The molecule has 0 spiro atoms. The number of hydrogen-bond donors (Lipinski definition) is 3. The minimum Gasteiger partial charge on any atom is -0.357 e. The molecule has 0 fully saturated rings. The number of rotatable bonds is 7. The second-order valence-corrected chi connectivity index (χ2v) is 5.56. The zero-order chi connectivity index (χ0) is 16.4. The van der Waals surface area contributed by atoms with E-state index < -0.39 is 0 Å². The summed E-state index contributed by atoms with van der Waals surface area (Å²) in [6, 6.07) is 8.33. The number of amides is 1. The second kappa shape index (κ2) is 9.82. The first-order valence-electron chi connectivity index (χ1n) is 7.88. The average molecular weight is 304 g/mol. The number of benzene rings is 1. The Morgan fingerprint density at radius 3 is 2.55 bits per heavy atom. The van der Waals surface area contributed by atoms with Crippen LogP contribution in [0.2, 0.25) is 0 Å². The first-order valence-corrected chi connectivity index (χ1v) is 7.88. The van der Waals surface area contributed by atoms with Gasteiger partial charge in [-0.1, -0.05) is 43.7 Å². The van der Waals surface area contributed by atoms with Crippen LogP contribution in [0.4, 0.5) is 0 Å². The number of guanidine groups is 1. The van der Waals surface area contributed by atoms with Crippen LogP contribution in [0, 0.1) is 12.8 Å². The molecule has 0 heterocycles. The van der Waals surface area contributed by atoms with E-state index in [0.717, 1.165) is 12.5 Å². The molecule has 0 unspecified atom stereocenters. The predicted octanol–water partition coefficient (Wildman–Crippen LogP) is 1.82. The maximum Gasteiger partial charge on any atom is 0.222 e. The van der Waals surface area contributed by atoms with Gasteiger partial charge >= 0.3 is 0 Å². The van der Waals surface area contributed by atoms with Crippen molar-refractivity contribution >= 4 is 11.9 Å². The molecule has 0 aliphatic heterocycles. The van der Waals surface area contributed by atoms with Crippen molar-refractivity contribution in [2.45, 2.75) is 34.2 Å². The van der Waals surface area contributed by atoms with Crippen LogP contribution in [0.3, 0.4) is 0 Å². The molecule has 1 aromatic carbocycles. The molecule has 1 amide bonds. The summed E-state index contributed by atoms with van der Waals surface area (Å²) in [5.74, 6) is 0.856. The van der Waals surface area contributed by atoms with Gasteiger partial charge in [0, 0.05) is 25.6 Å². The van der Waals surface area contributed by atoms with Gasteiger partial charge in [0.05, 0.1) is 6.54 Å². The number of hydrogen-bond acceptors (Lipinski definition) is 2. The maximum absolute atomic E-state index is 11.5. The number of aliphatic imine (C=N–C) groups is 1. The highest BCUT2D eigenvalue weighted by molar-refractivity contribution is 5.80. The molecule has 3 N–H and O–H groups in total. The van der Waals surface area contributed by atoms with Crippen LogP contribution in [0.5, 0.6) is 0 Å². The first kappa shape index (κ1) is 18.0. The van der Waals surface area contributed by atoms with Gasteiger partial charge in [0.15, 0.2) is 5.96 Å². The van der Waals surface area contributed by atoms with E-state index in [0.29, 0.717) is 19.6 Å². The van der Waals surface area contributed by atoms with Crippen molar-refractivity contribution in [3.63, 3.8) is 0 Å². The molecule has 1 rings (SSSR count). The quantitative estimate of drug-likeness (QED) is 0.409. The summed E-state index contributed by atoms with van der Waals surface area (Å²) in [7, 11) is 0. The van der Waals surface area contributed by atoms with Crippen LogP contribution >= 0.6 is 0 Å². The lowest BCUT2D eigenvalue weighted by Crippen LogP contribution is -2.42. The molecule has 22 heavy (non-hydrogen) atoms. The summed E-state index contributed by atoms with van der Waals surface area (Å²) < 4.78 is 0. The van der Waals surface area contributed by atoms with Crippen molar-refractivity contribution in [3.8, 4) is 0 Å². The van der Waals surface area contributed by atoms with Crippen LogP contribution in [-0.4, -0.2) is 31.5 Å². The van der Waals surface area contributed by atoms with E-state index in [1.807, 2.05) is 26.8 Å². The van der Waals surface area contributed by atoms with E-state index in [4.69, 9.17) is 0 Å². The van der Waals surface area contributed by atoms with Gasteiger partial charge in [-0.2, -0.15) is 0 Å². The lowest BCUT2D eigenvalue weighted by Gasteiger charge is -2.12. The Kier molecular flexibility index (Phi) is 8.04. The highest BCUT2D eigenvalue weighted by atomic mass is 16.1. The Hall–Kier alpha value is -2.04. The van der Waals surface area contributed by atoms with Crippen molar-refractivity contribution in [2.24, 2.45) is 10.9 Å². The van der Waals surface area contributed by atoms with Crippen molar-refractivity contribution in [2.75, 3.05) is 19.6 Å². The van der Waals surface area contributed by atoms with Crippen LogP contribution in [0.15, 0.2) is 29.3 Å². The fourth-order valence-electron chi connectivity index (χ4n) is 1.89. The zero-order valence-corrected chi connectivity index (χ0v) is 14.1. The average Bonchev–Trinajstić information content (AvgIpc) is 2.48. The Morgan fingerprint density at radius 1 is 1.18 bits per heavy atom. The maximum atomic E-state index is 11.5. The predicted molar refractivity (Wildman–Crippen MR) is 91.8 cm³/mol. The number of aryl methyl sites for hydroxylation is 1. The lowest BCUT2D eigenvalue weighted by atomic mass is 10.1. The van der Waals surface area contributed by atoms with Crippen LogP contribution < -0.4 is 16.0 Å². The van der Waals surface area contributed by atoms with E-state index >= 15 is 0 Å². The van der Waals surface area contributed by atoms with E-state index in [1.165, 1.54) is 11.1 Å². The Labute approximate surface area is 133 Å². The zero-order valence-electron chi connectivity index (χ0n) is 14.1. The van der Waals surface area contributed by atoms with Gasteiger partial charge in [-0.15, -0.1) is 0 Å². The molecule has 122 valence electrons. The second-order valence-electron chi connectivity index (χ2n) is 5.56. The fraction of sp³-hybridized carbons (Fsp3) is 0.529. The third-order valence-electron chi connectivity index (χ3n) is 3.09. The molecule has 0 saturated carbocycles. The molecule has 1 aromatic rings. The molecule has 0 aliphatic carbocycles. The van der Waals surface area contributed by atoms with E-state index in [9.17, 15) is 4.79 Å². The Balaban J connectivity index is 2.44. The van der Waals surface area contributed by atoms with E-state index in [2.05, 4.69) is 46.1 Å². The summed E-state index contributed by atoms with van der Waals surface area (Å²) in [5.41, 5.74) is 2.42. The molecule has 0 atom stereocenters. The minimum absolute atomic E-state index is 0.0169. The van der Waals surface area contributed by atoms with Crippen molar-refractivity contribution < 1.29 is 4.79 Å². The van der Waals surface area contributed by atoms with Crippen molar-refractivity contribution in [3.05, 3.63) is 35.4 Å². The molecule has 0 aliphatic rings. The standard InChI is InChI=1S/C17H28N4O/c1-5-18-17(20-10-9-19-16(22)13(2)3)21-12-15-8-6-7-14(4)11-15/h6-8,11,13H,5,9-10,12H2,1-4H3,(H,19,22)(H2,18,20,21). The third-order valence-corrected chi connectivity index (χ3v) is 3.09. The number of nitrogens with one attached hydrogen (secondary N) is 3. The molecule has 0 aromatic heterocycles. The van der Waals surface area contributed by atoms with Gasteiger partial charge in [0.2, 0.25) is 5.91 Å². The van der Waals surface area contributed by atoms with Crippen LogP contribution in [0.1, 0.15) is 31.9 Å². The third kappa shape index (κ3) is 7.11. The molecular weight excluding hydrogens is 276 g/mol. The SMILES string of the molecule is CCNC(=NCc1cccc(C)c1)NCCNC(=O)C(C)C. The smallest absolute Gasteiger partial charge is 0.222 e. The number of carbonyl (C=O) groups is 1. The van der Waals surface area contributed by atoms with Gasteiger partial charge in [-0.25, -0.2) is 4.99 Å². The molecule has 5 nitrogen and oxygen atoms in total. The van der Waals surface area contributed by atoms with E-state index in [-0.39, 0.29) is 11.8 Å². The highest BCUT2D eigenvalue weighted by Gasteiger charge is 2.05. The Morgan fingerprint density at radius 2 is 1.91 bits per heavy atom. The molecule has 5 heteroatoms. The lowest BCUT2D eigenvalue weighted by molar-refractivity contribution is -0.123. The monoisotopic (exact) mass is 304 g/mol. The topological polar surface area (TPSA) is 65.5 Å². The van der Waals surface area contributed by atoms with E-state index in [1.54, 1.807) is 0 Å². The Bertz CT molecular complexity index is 497. The summed E-state index contributed by atoms with van der Waals surface area (Å²) in [5, 5.41) is 9.31. The van der Waals surface area contributed by atoms with Gasteiger partial charge in [-0.05, 0) is 19.4 Å². The highest BCUT2D eigenvalue weighted by Crippen LogP contribution is 2.04. The first-order chi connectivity index (χ1) is 10.5. The van der Waals surface area contributed by atoms with Crippen molar-refractivity contribution in [1.82, 2.24) is 16.0 Å². The molecule has 0 bridgehead atoms. The summed E-state index contributed by atoms with van der Waals surface area (Å²) in [4.78, 5) is 16.0. The van der Waals surface area contributed by atoms with Crippen molar-refractivity contribution in [1.29, 1.82) is 0 Å². The normalized spacial score (nSPS) is 11.4. The minimum atomic E-state index is 0.0169. The van der Waals surface area contributed by atoms with Gasteiger partial charge in [-0.3, -0.25) is 4.79 Å². The molecular formula is C17H28N4O. The summed E-state index contributed by atoms with van der Waals surface area (Å²) >= 11 is 0. The summed E-state index contributed by atoms with van der Waals surface area (Å²) in [6.45, 7) is 10.6. The van der Waals surface area contributed by atoms with Crippen LogP contribution in [-0.2, 0) is 11.3 Å². The molecule has 0 saturated heterocycles. The molecule has 0 radical (unpaired) electrons. The van der Waals surface area contributed by atoms with Gasteiger partial charge in [0.25, 0.3) is 0 Å². The number of nitrogens with zero attached hydrogens (tertiary/aromatic N) is 1. The van der Waals surface area contributed by atoms with Gasteiger partial charge in [0.1, 0.15) is 0 Å². The summed E-state index contributed by atoms with van der Waals surface area (Å²) in [6.07, 6.45) is 0. The largest absolute Gasteiger partial charge is 0.357 e. The van der Waals surface area contributed by atoms with Gasteiger partial charge < -0.3 is 16.0 Å².